The van der Waals surface area contributed by atoms with E-state index in [-0.39, 0.29) is 11.1 Å². The van der Waals surface area contributed by atoms with Crippen LogP contribution in [0.15, 0.2) is 34.5 Å². The third-order valence-electron chi connectivity index (χ3n) is 6.00. The summed E-state index contributed by atoms with van der Waals surface area (Å²) < 4.78 is 0. The second-order valence-corrected chi connectivity index (χ2v) is 7.13. The van der Waals surface area contributed by atoms with Gasteiger partial charge in [-0.25, -0.2) is 0 Å². The number of rotatable bonds is 3. The lowest BCUT2D eigenvalue weighted by Crippen LogP contribution is -2.32. The van der Waals surface area contributed by atoms with Crippen molar-refractivity contribution in [1.29, 1.82) is 0 Å². The summed E-state index contributed by atoms with van der Waals surface area (Å²) in [4.78, 5) is 10.2. The van der Waals surface area contributed by atoms with E-state index in [1.807, 2.05) is 0 Å². The van der Waals surface area contributed by atoms with Crippen molar-refractivity contribution >= 4 is 17.6 Å². The molecule has 2 aliphatic rings. The minimum absolute atomic E-state index is 0.0887. The molecule has 1 aromatic carbocycles. The maximum Gasteiger partial charge on any atom is 0.269 e. The highest BCUT2D eigenvalue weighted by Crippen LogP contribution is 2.63. The molecule has 116 valence electrons. The van der Waals surface area contributed by atoms with Crippen molar-refractivity contribution in [3.8, 4) is 0 Å². The predicted octanol–water partition coefficient (Wildman–Crippen LogP) is 4.22. The predicted molar refractivity (Wildman–Crippen MR) is 87.4 cm³/mol. The van der Waals surface area contributed by atoms with Gasteiger partial charge in [0, 0.05) is 23.3 Å². The second kappa shape index (κ2) is 5.00. The number of nitrogens with zero attached hydrogens (tertiary/aromatic N) is 3. The van der Waals surface area contributed by atoms with Gasteiger partial charge in [0.05, 0.1) is 11.1 Å². The lowest BCUT2D eigenvalue weighted by molar-refractivity contribution is -0.384. The molecule has 0 aliphatic heterocycles. The molecule has 2 aliphatic carbocycles. The van der Waals surface area contributed by atoms with Crippen LogP contribution in [0.1, 0.15) is 45.6 Å². The normalized spacial score (nSPS) is 31.2. The monoisotopic (exact) mass is 299 g/mol. The van der Waals surface area contributed by atoms with E-state index in [0.717, 1.165) is 12.0 Å². The molecule has 0 heterocycles. The average Bonchev–Trinajstić information content (AvgIpc) is 2.81. The maximum absolute atomic E-state index is 10.6. The number of benzene rings is 1. The highest BCUT2D eigenvalue weighted by Gasteiger charge is 2.59. The lowest BCUT2D eigenvalue weighted by Gasteiger charge is -2.34. The topological polar surface area (TPSA) is 67.9 Å². The van der Waals surface area contributed by atoms with Gasteiger partial charge in [0.1, 0.15) is 0 Å². The third-order valence-corrected chi connectivity index (χ3v) is 6.00. The fourth-order valence-corrected chi connectivity index (χ4v) is 3.93. The van der Waals surface area contributed by atoms with Crippen LogP contribution in [0.5, 0.6) is 0 Å². The summed E-state index contributed by atoms with van der Waals surface area (Å²) in [6, 6.07) is 6.34. The van der Waals surface area contributed by atoms with Crippen molar-refractivity contribution in [1.82, 2.24) is 0 Å². The van der Waals surface area contributed by atoms with Crippen LogP contribution in [0, 0.1) is 26.9 Å². The Labute approximate surface area is 130 Å². The van der Waals surface area contributed by atoms with Crippen LogP contribution >= 0.6 is 0 Å². The zero-order valence-electron chi connectivity index (χ0n) is 13.2. The first-order valence-corrected chi connectivity index (χ1v) is 7.69. The van der Waals surface area contributed by atoms with Gasteiger partial charge in [0.25, 0.3) is 5.69 Å². The van der Waals surface area contributed by atoms with Gasteiger partial charge in [-0.05, 0) is 48.3 Å². The van der Waals surface area contributed by atoms with Crippen LogP contribution in [-0.4, -0.2) is 16.8 Å². The highest BCUT2D eigenvalue weighted by molar-refractivity contribution is 5.94. The molecule has 0 N–H and O–H groups in total. The van der Waals surface area contributed by atoms with E-state index in [9.17, 15) is 10.1 Å². The van der Waals surface area contributed by atoms with E-state index in [0.29, 0.717) is 11.3 Å². The van der Waals surface area contributed by atoms with Gasteiger partial charge in [-0.1, -0.05) is 20.8 Å². The fourth-order valence-electron chi connectivity index (χ4n) is 3.93. The van der Waals surface area contributed by atoms with E-state index in [4.69, 9.17) is 0 Å². The molecule has 3 rings (SSSR count). The summed E-state index contributed by atoms with van der Waals surface area (Å²) in [5.74, 6) is 0.714. The zero-order chi connectivity index (χ0) is 16.0. The summed E-state index contributed by atoms with van der Waals surface area (Å²) in [6.07, 6.45) is 5.19. The number of hydrogen-bond acceptors (Lipinski definition) is 4. The Kier molecular flexibility index (Phi) is 3.38. The molecule has 0 aromatic heterocycles. The van der Waals surface area contributed by atoms with Gasteiger partial charge in [0.15, 0.2) is 0 Å². The molecule has 2 atom stereocenters. The lowest BCUT2D eigenvalue weighted by atomic mass is 9.70. The fraction of sp³-hybridized carbons (Fsp3) is 0.529. The number of nitro benzene ring substituents is 1. The quantitative estimate of drug-likeness (QED) is 0.476. The highest BCUT2D eigenvalue weighted by atomic mass is 16.6. The molecule has 1 aromatic rings. The molecule has 2 fully saturated rings. The van der Waals surface area contributed by atoms with Gasteiger partial charge >= 0.3 is 0 Å². The van der Waals surface area contributed by atoms with Crippen molar-refractivity contribution in [3.63, 3.8) is 0 Å². The molecule has 2 unspecified atom stereocenters. The number of hydrogen-bond donors (Lipinski definition) is 0. The number of fused-ring (bicyclic) bond motifs is 2. The van der Waals surface area contributed by atoms with E-state index in [1.54, 1.807) is 18.3 Å². The molecule has 0 saturated heterocycles. The molecular formula is C17H21N3O2. The Hall–Kier alpha value is -2.04. The average molecular weight is 299 g/mol. The molecule has 2 saturated carbocycles. The first kappa shape index (κ1) is 14.9. The van der Waals surface area contributed by atoms with Gasteiger partial charge in [-0.15, -0.1) is 0 Å². The molecular weight excluding hydrogens is 278 g/mol. The number of non-ortho nitro benzene ring substituents is 1. The van der Waals surface area contributed by atoms with Crippen molar-refractivity contribution in [2.24, 2.45) is 27.0 Å². The maximum atomic E-state index is 10.6. The first-order valence-electron chi connectivity index (χ1n) is 7.69. The standard InChI is InChI=1S/C17H21N3O2/c1-16(2)13-8-9-17(16,3)15(10-13)19-18-11-12-4-6-14(7-5-12)20(21)22/h4-7,11,13H,8-10H2,1-3H3/b18-11+,19-15-. The van der Waals surface area contributed by atoms with Crippen molar-refractivity contribution in [2.75, 3.05) is 0 Å². The molecule has 2 bridgehead atoms. The Balaban J connectivity index is 1.76. The largest absolute Gasteiger partial charge is 0.269 e. The molecule has 5 nitrogen and oxygen atoms in total. The number of nitro groups is 1. The van der Waals surface area contributed by atoms with Crippen LogP contribution in [-0.2, 0) is 0 Å². The molecule has 0 spiro atoms. The van der Waals surface area contributed by atoms with Crippen molar-refractivity contribution < 1.29 is 4.92 Å². The van der Waals surface area contributed by atoms with E-state index in [1.165, 1.54) is 30.7 Å². The molecule has 22 heavy (non-hydrogen) atoms. The summed E-state index contributed by atoms with van der Waals surface area (Å²) >= 11 is 0. The van der Waals surface area contributed by atoms with Gasteiger partial charge < -0.3 is 0 Å². The zero-order valence-corrected chi connectivity index (χ0v) is 13.2. The summed E-state index contributed by atoms with van der Waals surface area (Å²) in [7, 11) is 0. The summed E-state index contributed by atoms with van der Waals surface area (Å²) in [6.45, 7) is 6.99. The SMILES string of the molecule is CC12CCC(C/C1=N/N=C/c1ccc([N+](=O)[O-])cc1)C2(C)C. The van der Waals surface area contributed by atoms with Gasteiger partial charge in [-0.3, -0.25) is 10.1 Å². The molecule has 0 amide bonds. The minimum atomic E-state index is -0.403. The van der Waals surface area contributed by atoms with Crippen LogP contribution in [0.4, 0.5) is 5.69 Å². The van der Waals surface area contributed by atoms with E-state index >= 15 is 0 Å². The summed E-state index contributed by atoms with van der Waals surface area (Å²) in [5.41, 5.74) is 2.57. The van der Waals surface area contributed by atoms with Gasteiger partial charge in [0.2, 0.25) is 0 Å². The third kappa shape index (κ3) is 2.16. The molecule has 0 radical (unpaired) electrons. The van der Waals surface area contributed by atoms with E-state index < -0.39 is 4.92 Å². The van der Waals surface area contributed by atoms with Crippen molar-refractivity contribution in [2.45, 2.75) is 40.0 Å². The minimum Gasteiger partial charge on any atom is -0.258 e. The van der Waals surface area contributed by atoms with Crippen LogP contribution < -0.4 is 0 Å². The Morgan fingerprint density at radius 3 is 2.45 bits per heavy atom. The molecule has 5 heteroatoms. The smallest absolute Gasteiger partial charge is 0.258 e. The van der Waals surface area contributed by atoms with E-state index in [2.05, 4.69) is 31.0 Å². The van der Waals surface area contributed by atoms with Crippen LogP contribution in [0.2, 0.25) is 0 Å². The van der Waals surface area contributed by atoms with Crippen molar-refractivity contribution in [3.05, 3.63) is 39.9 Å². The first-order chi connectivity index (χ1) is 10.3. The second-order valence-electron chi connectivity index (χ2n) is 7.13. The Morgan fingerprint density at radius 2 is 1.95 bits per heavy atom. The Morgan fingerprint density at radius 1 is 1.27 bits per heavy atom. The summed E-state index contributed by atoms with van der Waals surface area (Å²) in [5, 5.41) is 19.3. The van der Waals surface area contributed by atoms with Gasteiger partial charge in [-0.2, -0.15) is 10.2 Å². The van der Waals surface area contributed by atoms with Crippen LogP contribution in [0.3, 0.4) is 0 Å². The van der Waals surface area contributed by atoms with Crippen LogP contribution in [0.25, 0.3) is 0 Å². The Bertz CT molecular complexity index is 661.